The molecule has 0 bridgehead atoms. The Morgan fingerprint density at radius 1 is 1.36 bits per heavy atom. The molecule has 0 unspecified atom stereocenters. The minimum atomic E-state index is -0.290. The molecule has 1 aliphatic rings. The van der Waals surface area contributed by atoms with Gasteiger partial charge in [0.05, 0.1) is 5.69 Å². The lowest BCUT2D eigenvalue weighted by Crippen LogP contribution is -2.25. The summed E-state index contributed by atoms with van der Waals surface area (Å²) in [5.74, 6) is -0.499. The number of halogens is 2. The summed E-state index contributed by atoms with van der Waals surface area (Å²) in [5.41, 5.74) is 3.24. The number of fused-ring (bicyclic) bond motifs is 1. The van der Waals surface area contributed by atoms with Crippen LogP contribution in [-0.4, -0.2) is 22.2 Å². The van der Waals surface area contributed by atoms with Gasteiger partial charge in [-0.2, -0.15) is 5.10 Å². The SMILES string of the molecule is C=C(Br)CNC(=O)c1nn(-c2ccc(F)cc2)c2c1CCC2. The zero-order valence-electron chi connectivity index (χ0n) is 11.9. The van der Waals surface area contributed by atoms with Crippen molar-refractivity contribution in [3.8, 4) is 5.69 Å². The molecule has 0 fully saturated rings. The lowest BCUT2D eigenvalue weighted by molar-refractivity contribution is 0.0951. The summed E-state index contributed by atoms with van der Waals surface area (Å²) >= 11 is 3.22. The molecule has 114 valence electrons. The van der Waals surface area contributed by atoms with Gasteiger partial charge in [-0.05, 0) is 43.5 Å². The van der Waals surface area contributed by atoms with Crippen LogP contribution < -0.4 is 5.32 Å². The molecule has 2 aromatic rings. The number of carbonyl (C=O) groups is 1. The molecule has 0 saturated heterocycles. The quantitative estimate of drug-likeness (QED) is 0.906. The highest BCUT2D eigenvalue weighted by atomic mass is 79.9. The summed E-state index contributed by atoms with van der Waals surface area (Å²) in [5, 5.41) is 7.23. The second-order valence-corrected chi connectivity index (χ2v) is 6.34. The van der Waals surface area contributed by atoms with Crippen molar-refractivity contribution in [2.75, 3.05) is 6.54 Å². The van der Waals surface area contributed by atoms with Gasteiger partial charge in [-0.25, -0.2) is 9.07 Å². The lowest BCUT2D eigenvalue weighted by atomic mass is 10.2. The first-order valence-corrected chi connectivity index (χ1v) is 7.84. The van der Waals surface area contributed by atoms with Crippen molar-refractivity contribution in [2.45, 2.75) is 19.3 Å². The van der Waals surface area contributed by atoms with Crippen molar-refractivity contribution in [1.29, 1.82) is 0 Å². The first kappa shape index (κ1) is 15.0. The average Bonchev–Trinajstić information content (AvgIpc) is 3.08. The number of hydrogen-bond donors (Lipinski definition) is 1. The molecular formula is C16H15BrFN3O. The summed E-state index contributed by atoms with van der Waals surface area (Å²) in [7, 11) is 0. The minimum absolute atomic E-state index is 0.209. The zero-order valence-corrected chi connectivity index (χ0v) is 13.5. The van der Waals surface area contributed by atoms with E-state index >= 15 is 0 Å². The molecule has 0 atom stereocenters. The van der Waals surface area contributed by atoms with Crippen molar-refractivity contribution in [3.63, 3.8) is 0 Å². The smallest absolute Gasteiger partial charge is 0.272 e. The Morgan fingerprint density at radius 2 is 2.09 bits per heavy atom. The predicted molar refractivity (Wildman–Crippen MR) is 85.9 cm³/mol. The van der Waals surface area contributed by atoms with Gasteiger partial charge >= 0.3 is 0 Å². The number of aromatic nitrogens is 2. The Balaban J connectivity index is 1.96. The van der Waals surface area contributed by atoms with Crippen molar-refractivity contribution in [3.05, 3.63) is 58.1 Å². The van der Waals surface area contributed by atoms with Crippen molar-refractivity contribution >= 4 is 21.8 Å². The monoisotopic (exact) mass is 363 g/mol. The van der Waals surface area contributed by atoms with Crippen LogP contribution in [0.3, 0.4) is 0 Å². The third kappa shape index (κ3) is 2.83. The van der Waals surface area contributed by atoms with E-state index in [0.29, 0.717) is 16.7 Å². The molecule has 0 saturated carbocycles. The molecule has 1 amide bonds. The van der Waals surface area contributed by atoms with Gasteiger partial charge in [-0.1, -0.05) is 22.5 Å². The van der Waals surface area contributed by atoms with Gasteiger partial charge in [0.15, 0.2) is 5.69 Å². The average molecular weight is 364 g/mol. The Labute approximate surface area is 136 Å². The lowest BCUT2D eigenvalue weighted by Gasteiger charge is -2.05. The first-order valence-electron chi connectivity index (χ1n) is 7.04. The van der Waals surface area contributed by atoms with E-state index in [1.165, 1.54) is 12.1 Å². The van der Waals surface area contributed by atoms with Crippen LogP contribution in [0.1, 0.15) is 28.2 Å². The topological polar surface area (TPSA) is 46.9 Å². The van der Waals surface area contributed by atoms with E-state index in [0.717, 1.165) is 36.2 Å². The molecule has 1 aliphatic carbocycles. The molecule has 1 heterocycles. The minimum Gasteiger partial charge on any atom is -0.346 e. The first-order chi connectivity index (χ1) is 10.6. The van der Waals surface area contributed by atoms with Crippen molar-refractivity contribution in [1.82, 2.24) is 15.1 Å². The van der Waals surface area contributed by atoms with E-state index in [-0.39, 0.29) is 11.7 Å². The highest BCUT2D eigenvalue weighted by molar-refractivity contribution is 9.11. The third-order valence-electron chi connectivity index (χ3n) is 3.66. The number of nitrogens with zero attached hydrogens (tertiary/aromatic N) is 2. The summed E-state index contributed by atoms with van der Waals surface area (Å²) in [4.78, 5) is 12.3. The van der Waals surface area contributed by atoms with Crippen LogP contribution in [0.5, 0.6) is 0 Å². The Morgan fingerprint density at radius 3 is 2.77 bits per heavy atom. The Hall–Kier alpha value is -1.95. The third-order valence-corrected chi connectivity index (χ3v) is 3.94. The van der Waals surface area contributed by atoms with Gasteiger partial charge in [0.25, 0.3) is 5.91 Å². The second-order valence-electron chi connectivity index (χ2n) is 5.22. The normalized spacial score (nSPS) is 13.0. The fourth-order valence-corrected chi connectivity index (χ4v) is 2.82. The maximum atomic E-state index is 13.1. The fourth-order valence-electron chi connectivity index (χ4n) is 2.68. The predicted octanol–water partition coefficient (Wildman–Crippen LogP) is 3.14. The molecule has 6 heteroatoms. The second kappa shape index (κ2) is 6.04. The van der Waals surface area contributed by atoms with E-state index in [9.17, 15) is 9.18 Å². The molecule has 0 spiro atoms. The number of amides is 1. The van der Waals surface area contributed by atoms with Gasteiger partial charge in [0.1, 0.15) is 5.82 Å². The molecule has 1 N–H and O–H groups in total. The van der Waals surface area contributed by atoms with E-state index in [1.807, 2.05) is 0 Å². The summed E-state index contributed by atoms with van der Waals surface area (Å²) in [6.45, 7) is 4.05. The zero-order chi connectivity index (χ0) is 15.7. The number of nitrogens with one attached hydrogen (secondary N) is 1. The largest absolute Gasteiger partial charge is 0.346 e. The highest BCUT2D eigenvalue weighted by Gasteiger charge is 2.26. The van der Waals surface area contributed by atoms with Crippen LogP contribution in [-0.2, 0) is 12.8 Å². The van der Waals surface area contributed by atoms with Crippen molar-refractivity contribution in [2.24, 2.45) is 0 Å². The summed E-state index contributed by atoms with van der Waals surface area (Å²) in [6.07, 6.45) is 2.71. The van der Waals surface area contributed by atoms with Crippen LogP contribution in [0, 0.1) is 5.82 Å². The molecule has 1 aromatic carbocycles. The highest BCUT2D eigenvalue weighted by Crippen LogP contribution is 2.27. The summed E-state index contributed by atoms with van der Waals surface area (Å²) in [6, 6.07) is 6.13. The maximum Gasteiger partial charge on any atom is 0.272 e. The number of hydrogen-bond acceptors (Lipinski definition) is 2. The fraction of sp³-hybridized carbons (Fsp3) is 0.250. The molecule has 4 nitrogen and oxygen atoms in total. The van der Waals surface area contributed by atoms with E-state index in [4.69, 9.17) is 0 Å². The molecule has 3 rings (SSSR count). The van der Waals surface area contributed by atoms with E-state index < -0.39 is 0 Å². The molecule has 22 heavy (non-hydrogen) atoms. The molecule has 1 aromatic heterocycles. The van der Waals surface area contributed by atoms with Gasteiger partial charge in [-0.15, -0.1) is 0 Å². The Kier molecular flexibility index (Phi) is 4.11. The number of carbonyl (C=O) groups excluding carboxylic acids is 1. The van der Waals surface area contributed by atoms with Crippen molar-refractivity contribution < 1.29 is 9.18 Å². The van der Waals surface area contributed by atoms with E-state index in [2.05, 4.69) is 32.9 Å². The molecule has 0 aliphatic heterocycles. The van der Waals surface area contributed by atoms with Crippen LogP contribution in [0.25, 0.3) is 5.69 Å². The van der Waals surface area contributed by atoms with Crippen LogP contribution >= 0.6 is 15.9 Å². The molecular weight excluding hydrogens is 349 g/mol. The summed E-state index contributed by atoms with van der Waals surface area (Å²) < 4.78 is 15.5. The van der Waals surface area contributed by atoms with Crippen LogP contribution in [0.15, 0.2) is 35.3 Å². The van der Waals surface area contributed by atoms with Gasteiger partial charge in [0.2, 0.25) is 0 Å². The van der Waals surface area contributed by atoms with E-state index in [1.54, 1.807) is 16.8 Å². The number of rotatable bonds is 4. The van der Waals surface area contributed by atoms with Crippen LogP contribution in [0.4, 0.5) is 4.39 Å². The maximum absolute atomic E-state index is 13.1. The Bertz CT molecular complexity index is 737. The molecule has 0 radical (unpaired) electrons. The number of benzene rings is 1. The van der Waals surface area contributed by atoms with Gasteiger partial charge in [0, 0.05) is 22.3 Å². The van der Waals surface area contributed by atoms with Gasteiger partial charge < -0.3 is 5.32 Å². The van der Waals surface area contributed by atoms with Crippen LogP contribution in [0.2, 0.25) is 0 Å². The standard InChI is InChI=1S/C16H15BrFN3O/c1-10(17)9-19-16(22)15-13-3-2-4-14(13)21(20-15)12-7-5-11(18)6-8-12/h5-8H,1-4,9H2,(H,19,22). The van der Waals surface area contributed by atoms with Gasteiger partial charge in [-0.3, -0.25) is 4.79 Å².